The van der Waals surface area contributed by atoms with Gasteiger partial charge in [-0.1, -0.05) is 12.1 Å². The third kappa shape index (κ3) is 3.32. The summed E-state index contributed by atoms with van der Waals surface area (Å²) in [7, 11) is 1.51. The van der Waals surface area contributed by atoms with Crippen molar-refractivity contribution in [3.05, 3.63) is 41.5 Å². The molecule has 0 heterocycles. The molecule has 0 aliphatic carbocycles. The Bertz CT molecular complexity index is 357. The van der Waals surface area contributed by atoms with Crippen molar-refractivity contribution in [1.82, 2.24) is 0 Å². The summed E-state index contributed by atoms with van der Waals surface area (Å²) in [5.74, 6) is 0.615. The van der Waals surface area contributed by atoms with E-state index in [1.165, 1.54) is 7.11 Å². The van der Waals surface area contributed by atoms with Crippen molar-refractivity contribution >= 4 is 0 Å². The minimum Gasteiger partial charge on any atom is -0.497 e. The number of hydrogen-bond donors (Lipinski definition) is 1. The van der Waals surface area contributed by atoms with Gasteiger partial charge in [-0.15, -0.1) is 0 Å². The van der Waals surface area contributed by atoms with Gasteiger partial charge in [-0.05, 0) is 17.7 Å². The van der Waals surface area contributed by atoms with Crippen LogP contribution in [0.15, 0.2) is 35.9 Å². The first kappa shape index (κ1) is 11.7. The van der Waals surface area contributed by atoms with Crippen molar-refractivity contribution in [2.24, 2.45) is 0 Å². The molecule has 1 aromatic carbocycles. The molecule has 0 spiro atoms. The topological polar surface area (TPSA) is 29.5 Å². The van der Waals surface area contributed by atoms with Gasteiger partial charge in [0.2, 0.25) is 0 Å². The number of hydrogen-bond acceptors (Lipinski definition) is 2. The number of halogens is 2. The molecule has 0 saturated carbocycles. The first-order chi connectivity index (χ1) is 7.17. The van der Waals surface area contributed by atoms with E-state index < -0.39 is 12.7 Å². The Labute approximate surface area is 86.8 Å². The molecule has 0 aliphatic heterocycles. The molecule has 2 nitrogen and oxygen atoms in total. The Morgan fingerprint density at radius 3 is 2.67 bits per heavy atom. The molecule has 0 unspecified atom stereocenters. The average Bonchev–Trinajstić information content (AvgIpc) is 2.25. The van der Waals surface area contributed by atoms with Crippen LogP contribution in [0.2, 0.25) is 0 Å². The van der Waals surface area contributed by atoms with Crippen LogP contribution < -0.4 is 4.74 Å². The summed E-state index contributed by atoms with van der Waals surface area (Å²) >= 11 is 0. The highest BCUT2D eigenvalue weighted by Crippen LogP contribution is 2.18. The fourth-order valence-corrected chi connectivity index (χ4v) is 1.21. The van der Waals surface area contributed by atoms with Crippen molar-refractivity contribution in [1.29, 1.82) is 0 Å². The van der Waals surface area contributed by atoms with Gasteiger partial charge in [-0.2, -0.15) is 8.78 Å². The van der Waals surface area contributed by atoms with E-state index in [9.17, 15) is 8.78 Å². The quantitative estimate of drug-likeness (QED) is 0.833. The monoisotopic (exact) mass is 214 g/mol. The van der Waals surface area contributed by atoms with Crippen molar-refractivity contribution in [3.63, 3.8) is 0 Å². The largest absolute Gasteiger partial charge is 0.497 e. The van der Waals surface area contributed by atoms with E-state index in [2.05, 4.69) is 0 Å². The summed E-state index contributed by atoms with van der Waals surface area (Å²) < 4.78 is 29.5. The van der Waals surface area contributed by atoms with Crippen LogP contribution in [-0.2, 0) is 6.42 Å². The van der Waals surface area contributed by atoms with Crippen LogP contribution in [0.5, 0.6) is 5.75 Å². The predicted molar refractivity (Wildman–Crippen MR) is 53.0 cm³/mol. The third-order valence-electron chi connectivity index (χ3n) is 2.01. The maximum atomic E-state index is 12.3. The van der Waals surface area contributed by atoms with E-state index in [1.54, 1.807) is 24.3 Å². The second-order valence-corrected chi connectivity index (χ2v) is 3.05. The van der Waals surface area contributed by atoms with Gasteiger partial charge < -0.3 is 9.84 Å². The van der Waals surface area contributed by atoms with E-state index in [0.717, 1.165) is 0 Å². The summed E-state index contributed by atoms with van der Waals surface area (Å²) in [4.78, 5) is 0. The Kier molecular flexibility index (Phi) is 4.24. The number of methoxy groups -OCH3 is 1. The molecule has 0 aliphatic rings. The number of benzene rings is 1. The Morgan fingerprint density at radius 2 is 2.13 bits per heavy atom. The van der Waals surface area contributed by atoms with E-state index in [1.807, 2.05) is 0 Å². The minimum absolute atomic E-state index is 0.0377. The van der Waals surface area contributed by atoms with Gasteiger partial charge in [0.25, 0.3) is 6.08 Å². The maximum absolute atomic E-state index is 12.3. The molecule has 0 saturated heterocycles. The van der Waals surface area contributed by atoms with Crippen LogP contribution in [0, 0.1) is 0 Å². The Morgan fingerprint density at radius 1 is 1.40 bits per heavy atom. The second-order valence-electron chi connectivity index (χ2n) is 3.05. The van der Waals surface area contributed by atoms with E-state index >= 15 is 0 Å². The Hall–Kier alpha value is -1.42. The lowest BCUT2D eigenvalue weighted by atomic mass is 10.1. The van der Waals surface area contributed by atoms with Crippen LogP contribution in [-0.4, -0.2) is 18.8 Å². The third-order valence-corrected chi connectivity index (χ3v) is 2.01. The summed E-state index contributed by atoms with van der Waals surface area (Å²) in [6.45, 7) is -0.625. The van der Waals surface area contributed by atoms with Crippen LogP contribution in [0.25, 0.3) is 0 Å². The lowest BCUT2D eigenvalue weighted by Gasteiger charge is -2.05. The van der Waals surface area contributed by atoms with E-state index in [-0.39, 0.29) is 12.0 Å². The number of aliphatic hydroxyl groups excluding tert-OH is 1. The zero-order valence-electron chi connectivity index (χ0n) is 8.34. The first-order valence-corrected chi connectivity index (χ1v) is 4.44. The second kappa shape index (κ2) is 5.46. The summed E-state index contributed by atoms with van der Waals surface area (Å²) in [6.07, 6.45) is -1.78. The fraction of sp³-hybridized carbons (Fsp3) is 0.273. The molecular formula is C11H12F2O2. The van der Waals surface area contributed by atoms with Crippen LogP contribution in [0.3, 0.4) is 0 Å². The van der Waals surface area contributed by atoms with Gasteiger partial charge in [0.1, 0.15) is 5.75 Å². The number of rotatable bonds is 4. The van der Waals surface area contributed by atoms with Gasteiger partial charge in [0, 0.05) is 12.0 Å². The summed E-state index contributed by atoms with van der Waals surface area (Å²) in [6, 6.07) is 6.83. The van der Waals surface area contributed by atoms with Crippen LogP contribution in [0.4, 0.5) is 8.78 Å². The molecule has 82 valence electrons. The molecule has 1 aromatic rings. The standard InChI is InChI=1S/C11H12F2O2/c1-15-10-4-2-3-8(6-10)5-9(7-14)11(12)13/h2-4,6,14H,5,7H2,1H3. The molecule has 0 aromatic heterocycles. The molecule has 0 amide bonds. The van der Waals surface area contributed by atoms with Gasteiger partial charge in [0.05, 0.1) is 13.7 Å². The maximum Gasteiger partial charge on any atom is 0.272 e. The number of aliphatic hydroxyl groups is 1. The van der Waals surface area contributed by atoms with E-state index in [4.69, 9.17) is 9.84 Å². The molecule has 0 atom stereocenters. The highest BCUT2D eigenvalue weighted by molar-refractivity contribution is 5.31. The fourth-order valence-electron chi connectivity index (χ4n) is 1.21. The van der Waals surface area contributed by atoms with Crippen molar-refractivity contribution in [2.45, 2.75) is 6.42 Å². The molecule has 0 radical (unpaired) electrons. The average molecular weight is 214 g/mol. The predicted octanol–water partition coefficient (Wildman–Crippen LogP) is 2.38. The van der Waals surface area contributed by atoms with Crippen LogP contribution in [0.1, 0.15) is 5.56 Å². The van der Waals surface area contributed by atoms with Gasteiger partial charge in [-0.25, -0.2) is 0 Å². The molecule has 1 N–H and O–H groups in total. The molecular weight excluding hydrogens is 202 g/mol. The minimum atomic E-state index is -1.82. The van der Waals surface area contributed by atoms with E-state index in [0.29, 0.717) is 11.3 Å². The zero-order valence-corrected chi connectivity index (χ0v) is 8.34. The molecule has 4 heteroatoms. The molecule has 1 rings (SSSR count). The highest BCUT2D eigenvalue weighted by Gasteiger charge is 2.06. The smallest absolute Gasteiger partial charge is 0.272 e. The lowest BCUT2D eigenvalue weighted by Crippen LogP contribution is -1.97. The van der Waals surface area contributed by atoms with Gasteiger partial charge >= 0.3 is 0 Å². The Balaban J connectivity index is 2.84. The zero-order chi connectivity index (χ0) is 11.3. The summed E-state index contributed by atoms with van der Waals surface area (Å²) in [5, 5.41) is 8.72. The van der Waals surface area contributed by atoms with Crippen LogP contribution >= 0.6 is 0 Å². The lowest BCUT2D eigenvalue weighted by molar-refractivity contribution is 0.307. The first-order valence-electron chi connectivity index (χ1n) is 4.44. The van der Waals surface area contributed by atoms with Crippen molar-refractivity contribution in [3.8, 4) is 5.75 Å². The highest BCUT2D eigenvalue weighted by atomic mass is 19.3. The molecule has 15 heavy (non-hydrogen) atoms. The van der Waals surface area contributed by atoms with Gasteiger partial charge in [0.15, 0.2) is 0 Å². The molecule has 0 fully saturated rings. The van der Waals surface area contributed by atoms with Crippen molar-refractivity contribution in [2.75, 3.05) is 13.7 Å². The SMILES string of the molecule is COc1cccc(CC(CO)=C(F)F)c1. The summed E-state index contributed by atoms with van der Waals surface area (Å²) in [5.41, 5.74) is 0.425. The molecule has 0 bridgehead atoms. The normalized spacial score (nSPS) is 9.87. The van der Waals surface area contributed by atoms with Crippen molar-refractivity contribution < 1.29 is 18.6 Å². The number of ether oxygens (including phenoxy) is 1. The van der Waals surface area contributed by atoms with Gasteiger partial charge in [-0.3, -0.25) is 0 Å².